The number of aromatic nitrogens is 1. The van der Waals surface area contributed by atoms with E-state index in [1.54, 1.807) is 12.3 Å². The smallest absolute Gasteiger partial charge is 0.247 e. The summed E-state index contributed by atoms with van der Waals surface area (Å²) in [7, 11) is 0. The molecule has 0 bridgehead atoms. The van der Waals surface area contributed by atoms with Crippen molar-refractivity contribution in [3.05, 3.63) is 34.2 Å². The number of aromatic amines is 1. The molecule has 2 heterocycles. The lowest BCUT2D eigenvalue weighted by Crippen LogP contribution is -2.14. The number of rotatable bonds is 1. The monoisotopic (exact) mass is 236 g/mol. The minimum Gasteiger partial charge on any atom is -0.329 e. The highest BCUT2D eigenvalue weighted by molar-refractivity contribution is 5.85. The fourth-order valence-corrected chi connectivity index (χ4v) is 1.61. The number of nitrogens with one attached hydrogen (secondary N) is 2. The van der Waals surface area contributed by atoms with Crippen LogP contribution in [0.1, 0.15) is 24.4 Å². The van der Waals surface area contributed by atoms with Crippen molar-refractivity contribution in [2.24, 2.45) is 0 Å². The summed E-state index contributed by atoms with van der Waals surface area (Å²) in [6, 6.07) is 3.92. The van der Waals surface area contributed by atoms with Gasteiger partial charge in [0.25, 0.3) is 0 Å². The van der Waals surface area contributed by atoms with Crippen LogP contribution in [-0.4, -0.2) is 11.5 Å². The second-order valence-electron chi connectivity index (χ2n) is 3.14. The first-order valence-corrected chi connectivity index (χ1v) is 4.28. The molecule has 1 aromatic heterocycles. The van der Waals surface area contributed by atoms with Crippen LogP contribution in [0.5, 0.6) is 0 Å². The zero-order chi connectivity index (χ0) is 8.39. The van der Waals surface area contributed by atoms with Gasteiger partial charge in [0.1, 0.15) is 0 Å². The predicted molar refractivity (Wildman–Crippen MR) is 61.5 cm³/mol. The lowest BCUT2D eigenvalue weighted by atomic mass is 10.1. The number of hydrogen-bond donors (Lipinski definition) is 2. The second kappa shape index (κ2) is 6.06. The average molecular weight is 237 g/mol. The Hall–Kier alpha value is -0.510. The van der Waals surface area contributed by atoms with Crippen LogP contribution in [0.2, 0.25) is 0 Å². The van der Waals surface area contributed by atoms with Crippen molar-refractivity contribution >= 4 is 24.8 Å². The highest BCUT2D eigenvalue weighted by atomic mass is 35.5. The Morgan fingerprint density at radius 2 is 2.07 bits per heavy atom. The first-order valence-electron chi connectivity index (χ1n) is 4.28. The van der Waals surface area contributed by atoms with E-state index in [2.05, 4.69) is 10.3 Å². The molecule has 0 aliphatic carbocycles. The summed E-state index contributed by atoms with van der Waals surface area (Å²) in [5.41, 5.74) is 1.16. The summed E-state index contributed by atoms with van der Waals surface area (Å²) in [6.07, 6.45) is 4.20. The van der Waals surface area contributed by atoms with Crippen LogP contribution in [-0.2, 0) is 0 Å². The van der Waals surface area contributed by atoms with Crippen LogP contribution in [0.3, 0.4) is 0 Å². The lowest BCUT2D eigenvalue weighted by Gasteiger charge is -2.08. The maximum Gasteiger partial charge on any atom is 0.247 e. The molecule has 14 heavy (non-hydrogen) atoms. The third kappa shape index (κ3) is 3.01. The standard InChI is InChI=1S/C9H12N2O.2ClH/c12-9-4-3-7(6-11-9)8-2-1-5-10-8;;/h3-4,6,8,10H,1-2,5H2,(H,11,12);2*1H. The second-order valence-corrected chi connectivity index (χ2v) is 3.14. The van der Waals surface area contributed by atoms with Crippen molar-refractivity contribution in [3.63, 3.8) is 0 Å². The molecule has 0 amide bonds. The summed E-state index contributed by atoms with van der Waals surface area (Å²) in [5.74, 6) is 0. The normalized spacial score (nSPS) is 19.6. The number of H-pyrrole nitrogens is 1. The number of hydrogen-bond acceptors (Lipinski definition) is 2. The van der Waals surface area contributed by atoms with Gasteiger partial charge in [-0.25, -0.2) is 0 Å². The van der Waals surface area contributed by atoms with Crippen LogP contribution < -0.4 is 10.9 Å². The third-order valence-corrected chi connectivity index (χ3v) is 2.27. The summed E-state index contributed by atoms with van der Waals surface area (Å²) in [6.45, 7) is 1.09. The molecule has 1 fully saturated rings. The van der Waals surface area contributed by atoms with Crippen LogP contribution in [0, 0.1) is 0 Å². The SMILES string of the molecule is Cl.Cl.O=c1ccc(C2CCCN2)c[nH]1. The molecule has 1 aliphatic rings. The minimum absolute atomic E-state index is 0. The predicted octanol–water partition coefficient (Wildman–Crippen LogP) is 1.64. The Bertz CT molecular complexity index is 300. The largest absolute Gasteiger partial charge is 0.329 e. The van der Waals surface area contributed by atoms with Crippen LogP contribution in [0.15, 0.2) is 23.1 Å². The Balaban J connectivity index is 0.000000845. The van der Waals surface area contributed by atoms with E-state index in [-0.39, 0.29) is 30.4 Å². The molecule has 80 valence electrons. The van der Waals surface area contributed by atoms with Crippen LogP contribution in [0.4, 0.5) is 0 Å². The summed E-state index contributed by atoms with van der Waals surface area (Å²) < 4.78 is 0. The summed E-state index contributed by atoms with van der Waals surface area (Å²) in [4.78, 5) is 13.4. The molecule has 0 aromatic carbocycles. The Morgan fingerprint density at radius 3 is 2.57 bits per heavy atom. The van der Waals surface area contributed by atoms with Crippen LogP contribution in [0.25, 0.3) is 0 Å². The van der Waals surface area contributed by atoms with E-state index in [1.807, 2.05) is 6.07 Å². The molecular weight excluding hydrogens is 223 g/mol. The van der Waals surface area contributed by atoms with Crippen molar-refractivity contribution in [1.29, 1.82) is 0 Å². The zero-order valence-corrected chi connectivity index (χ0v) is 9.29. The van der Waals surface area contributed by atoms with Gasteiger partial charge in [-0.05, 0) is 24.9 Å². The molecule has 1 unspecified atom stereocenters. The van der Waals surface area contributed by atoms with E-state index in [0.29, 0.717) is 6.04 Å². The Labute approximate surface area is 95.1 Å². The molecule has 3 nitrogen and oxygen atoms in total. The zero-order valence-electron chi connectivity index (χ0n) is 7.66. The van der Waals surface area contributed by atoms with Gasteiger partial charge in [-0.15, -0.1) is 24.8 Å². The van der Waals surface area contributed by atoms with E-state index in [9.17, 15) is 4.79 Å². The maximum absolute atomic E-state index is 10.8. The van der Waals surface area contributed by atoms with E-state index < -0.39 is 0 Å². The Kier molecular flexibility index (Phi) is 5.84. The van der Waals surface area contributed by atoms with E-state index >= 15 is 0 Å². The molecule has 5 heteroatoms. The molecule has 0 radical (unpaired) electrons. The van der Waals surface area contributed by atoms with Crippen molar-refractivity contribution in [1.82, 2.24) is 10.3 Å². The van der Waals surface area contributed by atoms with Crippen molar-refractivity contribution in [3.8, 4) is 0 Å². The minimum atomic E-state index is -0.0308. The topological polar surface area (TPSA) is 44.9 Å². The molecule has 1 aliphatic heterocycles. The fraction of sp³-hybridized carbons (Fsp3) is 0.444. The highest BCUT2D eigenvalue weighted by Crippen LogP contribution is 2.20. The fourth-order valence-electron chi connectivity index (χ4n) is 1.61. The molecule has 1 aromatic rings. The molecule has 0 saturated carbocycles. The van der Waals surface area contributed by atoms with E-state index in [4.69, 9.17) is 0 Å². The molecule has 1 atom stereocenters. The van der Waals surface area contributed by atoms with Gasteiger partial charge in [-0.1, -0.05) is 6.07 Å². The van der Waals surface area contributed by atoms with Gasteiger partial charge in [0, 0.05) is 18.3 Å². The highest BCUT2D eigenvalue weighted by Gasteiger charge is 2.15. The van der Waals surface area contributed by atoms with Gasteiger partial charge in [0.15, 0.2) is 0 Å². The first kappa shape index (κ1) is 13.5. The molecule has 2 N–H and O–H groups in total. The van der Waals surface area contributed by atoms with Gasteiger partial charge in [0.05, 0.1) is 0 Å². The van der Waals surface area contributed by atoms with Gasteiger partial charge < -0.3 is 10.3 Å². The molecule has 1 saturated heterocycles. The average Bonchev–Trinajstić information content (AvgIpc) is 2.58. The quantitative estimate of drug-likeness (QED) is 0.779. The summed E-state index contributed by atoms with van der Waals surface area (Å²) >= 11 is 0. The first-order chi connectivity index (χ1) is 5.86. The van der Waals surface area contributed by atoms with Crippen molar-refractivity contribution < 1.29 is 0 Å². The molecule has 0 spiro atoms. The van der Waals surface area contributed by atoms with Gasteiger partial charge in [-0.2, -0.15) is 0 Å². The molecular formula is C9H14Cl2N2O. The van der Waals surface area contributed by atoms with Gasteiger partial charge in [0.2, 0.25) is 5.56 Å². The van der Waals surface area contributed by atoms with Gasteiger partial charge in [-0.3, -0.25) is 4.79 Å². The Morgan fingerprint density at radius 1 is 1.29 bits per heavy atom. The van der Waals surface area contributed by atoms with E-state index in [0.717, 1.165) is 6.54 Å². The van der Waals surface area contributed by atoms with Gasteiger partial charge >= 0.3 is 0 Å². The van der Waals surface area contributed by atoms with Crippen molar-refractivity contribution in [2.45, 2.75) is 18.9 Å². The van der Waals surface area contributed by atoms with Crippen molar-refractivity contribution in [2.75, 3.05) is 6.54 Å². The maximum atomic E-state index is 10.8. The number of halogens is 2. The third-order valence-electron chi connectivity index (χ3n) is 2.27. The lowest BCUT2D eigenvalue weighted by molar-refractivity contribution is 0.644. The number of pyridine rings is 1. The molecule has 2 rings (SSSR count). The van der Waals surface area contributed by atoms with E-state index in [1.165, 1.54) is 18.4 Å². The summed E-state index contributed by atoms with van der Waals surface area (Å²) in [5, 5.41) is 3.37. The van der Waals surface area contributed by atoms with Crippen LogP contribution >= 0.6 is 24.8 Å².